The molecule has 0 bridgehead atoms. The van der Waals surface area contributed by atoms with Crippen molar-refractivity contribution in [1.82, 2.24) is 0 Å². The summed E-state index contributed by atoms with van der Waals surface area (Å²) in [6.45, 7) is 1.98. The van der Waals surface area contributed by atoms with Gasteiger partial charge in [0, 0.05) is 28.8 Å². The van der Waals surface area contributed by atoms with Crippen LogP contribution >= 0.6 is 0 Å². The molecular weight excluding hydrogens is 328 g/mol. The van der Waals surface area contributed by atoms with Gasteiger partial charge in [0.15, 0.2) is 0 Å². The van der Waals surface area contributed by atoms with Crippen molar-refractivity contribution in [1.29, 1.82) is 0 Å². The molecule has 0 unspecified atom stereocenters. The van der Waals surface area contributed by atoms with E-state index in [1.807, 2.05) is 61.5 Å². The number of nitro groups is 1. The predicted molar refractivity (Wildman–Crippen MR) is 101 cm³/mol. The van der Waals surface area contributed by atoms with Crippen LogP contribution in [0, 0.1) is 17.0 Å². The number of nitro benzene ring substituents is 1. The third-order valence-corrected chi connectivity index (χ3v) is 3.89. The van der Waals surface area contributed by atoms with E-state index in [-0.39, 0.29) is 11.3 Å². The van der Waals surface area contributed by atoms with Gasteiger partial charge in [-0.15, -0.1) is 0 Å². The van der Waals surface area contributed by atoms with E-state index in [1.165, 1.54) is 24.3 Å². The smallest absolute Gasteiger partial charge is 0.267 e. The predicted octanol–water partition coefficient (Wildman–Crippen LogP) is 4.58. The van der Waals surface area contributed by atoms with Gasteiger partial charge in [-0.25, -0.2) is 4.99 Å². The first-order chi connectivity index (χ1) is 12.5. The number of carbonyl (C=O) groups is 1. The highest BCUT2D eigenvalue weighted by molar-refractivity contribution is 6.18. The highest BCUT2D eigenvalue weighted by atomic mass is 16.6. The zero-order valence-electron chi connectivity index (χ0n) is 14.1. The molecule has 3 aromatic carbocycles. The van der Waals surface area contributed by atoms with E-state index in [2.05, 4.69) is 4.99 Å². The number of non-ortho nitro benzene ring substituents is 1. The van der Waals surface area contributed by atoms with E-state index in [9.17, 15) is 14.9 Å². The van der Waals surface area contributed by atoms with Gasteiger partial charge in [0.2, 0.25) is 0 Å². The second kappa shape index (κ2) is 7.53. The summed E-state index contributed by atoms with van der Waals surface area (Å²) in [6, 6.07) is 22.7. The summed E-state index contributed by atoms with van der Waals surface area (Å²) in [4.78, 5) is 27.3. The molecule has 0 atom stereocenters. The van der Waals surface area contributed by atoms with E-state index in [0.717, 1.165) is 16.7 Å². The van der Waals surface area contributed by atoms with E-state index in [1.54, 1.807) is 0 Å². The second-order valence-electron chi connectivity index (χ2n) is 5.81. The van der Waals surface area contributed by atoms with Crippen LogP contribution < -0.4 is 0 Å². The Balaban J connectivity index is 2.06. The Hall–Kier alpha value is -3.60. The molecule has 1 amide bonds. The monoisotopic (exact) mass is 344 g/mol. The zero-order chi connectivity index (χ0) is 18.5. The van der Waals surface area contributed by atoms with E-state index in [4.69, 9.17) is 0 Å². The Kier molecular flexibility index (Phi) is 4.99. The lowest BCUT2D eigenvalue weighted by atomic mass is 10.0. The Labute approximate surface area is 150 Å². The summed E-state index contributed by atoms with van der Waals surface area (Å²) < 4.78 is 0. The lowest BCUT2D eigenvalue weighted by Gasteiger charge is -2.08. The molecule has 0 aromatic heterocycles. The Morgan fingerprint density at radius 2 is 1.46 bits per heavy atom. The molecule has 0 radical (unpaired) electrons. The standard InChI is InChI=1S/C21H16N2O3/c1-15-10-12-17(13-11-15)20(16-6-3-2-4-7-16)22-21(24)18-8-5-9-19(14-18)23(25)26/h2-14H,1H3. The van der Waals surface area contributed by atoms with Crippen LogP contribution in [0.5, 0.6) is 0 Å². The molecule has 26 heavy (non-hydrogen) atoms. The minimum Gasteiger partial charge on any atom is -0.267 e. The van der Waals surface area contributed by atoms with Gasteiger partial charge in [-0.05, 0) is 13.0 Å². The fourth-order valence-corrected chi connectivity index (χ4v) is 2.52. The average molecular weight is 344 g/mol. The average Bonchev–Trinajstić information content (AvgIpc) is 2.67. The lowest BCUT2D eigenvalue weighted by Crippen LogP contribution is -2.08. The van der Waals surface area contributed by atoms with Gasteiger partial charge in [0.1, 0.15) is 0 Å². The van der Waals surface area contributed by atoms with Gasteiger partial charge < -0.3 is 0 Å². The topological polar surface area (TPSA) is 72.6 Å². The molecule has 0 aliphatic rings. The van der Waals surface area contributed by atoms with Crippen molar-refractivity contribution >= 4 is 17.3 Å². The number of amides is 1. The summed E-state index contributed by atoms with van der Waals surface area (Å²) >= 11 is 0. The fourth-order valence-electron chi connectivity index (χ4n) is 2.52. The van der Waals surface area contributed by atoms with Gasteiger partial charge in [0.25, 0.3) is 11.6 Å². The summed E-state index contributed by atoms with van der Waals surface area (Å²) in [5.74, 6) is -0.520. The van der Waals surface area contributed by atoms with E-state index < -0.39 is 10.8 Å². The number of rotatable bonds is 4. The highest BCUT2D eigenvalue weighted by Gasteiger charge is 2.14. The molecule has 3 rings (SSSR count). The highest BCUT2D eigenvalue weighted by Crippen LogP contribution is 2.17. The van der Waals surface area contributed by atoms with Gasteiger partial charge >= 0.3 is 0 Å². The van der Waals surface area contributed by atoms with E-state index >= 15 is 0 Å². The van der Waals surface area contributed by atoms with Gasteiger partial charge in [-0.1, -0.05) is 66.2 Å². The summed E-state index contributed by atoms with van der Waals surface area (Å²) in [5, 5.41) is 10.9. The molecule has 0 saturated carbocycles. The summed E-state index contributed by atoms with van der Waals surface area (Å²) in [6.07, 6.45) is 0. The molecule has 3 aromatic rings. The number of nitrogens with zero attached hydrogens (tertiary/aromatic N) is 2. The molecule has 0 aliphatic carbocycles. The third-order valence-electron chi connectivity index (χ3n) is 3.89. The maximum absolute atomic E-state index is 12.6. The third kappa shape index (κ3) is 3.89. The quantitative estimate of drug-likeness (QED) is 0.395. The van der Waals surface area contributed by atoms with Crippen molar-refractivity contribution < 1.29 is 9.72 Å². The lowest BCUT2D eigenvalue weighted by molar-refractivity contribution is -0.384. The van der Waals surface area contributed by atoms with Crippen LogP contribution in [0.15, 0.2) is 83.9 Å². The normalized spacial score (nSPS) is 11.2. The summed E-state index contributed by atoms with van der Waals surface area (Å²) in [7, 11) is 0. The molecule has 0 fully saturated rings. The molecule has 5 nitrogen and oxygen atoms in total. The van der Waals surface area contributed by atoms with Crippen molar-refractivity contribution in [3.8, 4) is 0 Å². The maximum atomic E-state index is 12.6. The van der Waals surface area contributed by atoms with Crippen molar-refractivity contribution in [2.24, 2.45) is 4.99 Å². The van der Waals surface area contributed by atoms with Crippen LogP contribution in [-0.2, 0) is 0 Å². The van der Waals surface area contributed by atoms with Crippen LogP contribution in [0.25, 0.3) is 0 Å². The fraction of sp³-hybridized carbons (Fsp3) is 0.0476. The van der Waals surface area contributed by atoms with Gasteiger partial charge in [0.05, 0.1) is 10.6 Å². The largest absolute Gasteiger partial charge is 0.277 e. The Morgan fingerprint density at radius 3 is 2.12 bits per heavy atom. The van der Waals surface area contributed by atoms with Crippen LogP contribution in [-0.4, -0.2) is 16.5 Å². The van der Waals surface area contributed by atoms with Gasteiger partial charge in [-0.2, -0.15) is 0 Å². The first-order valence-corrected chi connectivity index (χ1v) is 8.04. The first kappa shape index (κ1) is 17.2. The maximum Gasteiger partial charge on any atom is 0.277 e. The van der Waals surface area contributed by atoms with Crippen LogP contribution in [0.4, 0.5) is 5.69 Å². The number of carbonyl (C=O) groups excluding carboxylic acids is 1. The number of aliphatic imine (C=N–C) groups is 1. The number of benzene rings is 3. The minimum atomic E-state index is -0.529. The van der Waals surface area contributed by atoms with Crippen LogP contribution in [0.1, 0.15) is 27.0 Å². The van der Waals surface area contributed by atoms with Crippen molar-refractivity contribution in [2.45, 2.75) is 6.92 Å². The first-order valence-electron chi connectivity index (χ1n) is 8.04. The van der Waals surface area contributed by atoms with E-state index in [0.29, 0.717) is 5.71 Å². The molecule has 0 aliphatic heterocycles. The number of aryl methyl sites for hydroxylation is 1. The SMILES string of the molecule is Cc1ccc(C(=NC(=O)c2cccc([N+](=O)[O-])c2)c2ccccc2)cc1. The molecular formula is C21H16N2O3. The number of hydrogen-bond donors (Lipinski definition) is 0. The van der Waals surface area contributed by atoms with Gasteiger partial charge in [-0.3, -0.25) is 14.9 Å². The minimum absolute atomic E-state index is 0.136. The molecule has 0 saturated heterocycles. The Bertz CT molecular complexity index is 978. The zero-order valence-corrected chi connectivity index (χ0v) is 14.1. The van der Waals surface area contributed by atoms with Crippen LogP contribution in [0.3, 0.4) is 0 Å². The molecule has 0 heterocycles. The molecule has 0 spiro atoms. The second-order valence-corrected chi connectivity index (χ2v) is 5.81. The van der Waals surface area contributed by atoms with Crippen molar-refractivity contribution in [3.05, 3.63) is 111 Å². The Morgan fingerprint density at radius 1 is 0.846 bits per heavy atom. The van der Waals surface area contributed by atoms with Crippen LogP contribution in [0.2, 0.25) is 0 Å². The molecule has 128 valence electrons. The van der Waals surface area contributed by atoms with Crippen molar-refractivity contribution in [2.75, 3.05) is 0 Å². The van der Waals surface area contributed by atoms with Crippen molar-refractivity contribution in [3.63, 3.8) is 0 Å². The summed E-state index contributed by atoms with van der Waals surface area (Å²) in [5.41, 5.74) is 3.28. The number of hydrogen-bond acceptors (Lipinski definition) is 3. The molecule has 5 heteroatoms. The molecule has 0 N–H and O–H groups in total.